The van der Waals surface area contributed by atoms with Gasteiger partial charge in [0, 0.05) is 5.75 Å². The molecule has 80 valence electrons. The molecule has 0 amide bonds. The van der Waals surface area contributed by atoms with Gasteiger partial charge in [-0.2, -0.15) is 12.6 Å². The van der Waals surface area contributed by atoms with Gasteiger partial charge in [0.2, 0.25) is 6.79 Å². The molecule has 0 unspecified atom stereocenters. The molecule has 0 spiro atoms. The number of thiol groups is 1. The van der Waals surface area contributed by atoms with Gasteiger partial charge in [-0.05, 0) is 18.2 Å². The zero-order chi connectivity index (χ0) is 10.7. The van der Waals surface area contributed by atoms with E-state index >= 15 is 0 Å². The molecule has 2 rings (SSSR count). The lowest BCUT2D eigenvalue weighted by atomic mass is 10.2. The SMILES string of the molecule is O=C(OCCS)c1ccc2c(c1)OCO2. The Bertz CT molecular complexity index is 378. The normalized spacial score (nSPS) is 12.6. The average Bonchev–Trinajstić information content (AvgIpc) is 2.72. The fraction of sp³-hybridized carbons (Fsp3) is 0.300. The third kappa shape index (κ3) is 2.18. The number of hydrogen-bond acceptors (Lipinski definition) is 5. The summed E-state index contributed by atoms with van der Waals surface area (Å²) in [4.78, 5) is 11.5. The summed E-state index contributed by atoms with van der Waals surface area (Å²) in [5.41, 5.74) is 0.459. The van der Waals surface area contributed by atoms with Crippen LogP contribution in [0.15, 0.2) is 18.2 Å². The molecule has 0 aromatic heterocycles. The van der Waals surface area contributed by atoms with Crippen LogP contribution in [0.3, 0.4) is 0 Å². The number of fused-ring (bicyclic) bond motifs is 1. The van der Waals surface area contributed by atoms with Gasteiger partial charge in [-0.25, -0.2) is 4.79 Å². The van der Waals surface area contributed by atoms with Crippen molar-refractivity contribution in [1.82, 2.24) is 0 Å². The van der Waals surface area contributed by atoms with Crippen molar-refractivity contribution in [2.45, 2.75) is 0 Å². The first-order chi connectivity index (χ1) is 7.31. The standard InChI is InChI=1S/C10H10O4S/c11-10(12-3-4-15)7-1-2-8-9(5-7)14-6-13-8/h1-2,5,15H,3-4,6H2. The molecule has 1 aliphatic rings. The molecule has 0 saturated carbocycles. The molecule has 5 heteroatoms. The number of ether oxygens (including phenoxy) is 3. The van der Waals surface area contributed by atoms with Crippen LogP contribution in [0, 0.1) is 0 Å². The van der Waals surface area contributed by atoms with Gasteiger partial charge in [-0.15, -0.1) is 0 Å². The Morgan fingerprint density at radius 2 is 2.20 bits per heavy atom. The summed E-state index contributed by atoms with van der Waals surface area (Å²) in [6.45, 7) is 0.501. The minimum atomic E-state index is -0.373. The van der Waals surface area contributed by atoms with E-state index in [1.54, 1.807) is 18.2 Å². The van der Waals surface area contributed by atoms with Gasteiger partial charge in [0.25, 0.3) is 0 Å². The number of rotatable bonds is 3. The zero-order valence-electron chi connectivity index (χ0n) is 7.93. The molecule has 1 aromatic carbocycles. The molecule has 4 nitrogen and oxygen atoms in total. The smallest absolute Gasteiger partial charge is 0.338 e. The summed E-state index contributed by atoms with van der Waals surface area (Å²) in [5.74, 6) is 1.37. The Morgan fingerprint density at radius 1 is 1.40 bits per heavy atom. The predicted octanol–water partition coefficient (Wildman–Crippen LogP) is 1.50. The van der Waals surface area contributed by atoms with Crippen LogP contribution in [0.25, 0.3) is 0 Å². The van der Waals surface area contributed by atoms with Gasteiger partial charge in [-0.3, -0.25) is 0 Å². The lowest BCUT2D eigenvalue weighted by molar-refractivity contribution is 0.0530. The average molecular weight is 226 g/mol. The monoisotopic (exact) mass is 226 g/mol. The molecule has 15 heavy (non-hydrogen) atoms. The summed E-state index contributed by atoms with van der Waals surface area (Å²) in [5, 5.41) is 0. The van der Waals surface area contributed by atoms with Crippen LogP contribution in [-0.2, 0) is 4.74 Å². The molecule has 0 radical (unpaired) electrons. The second-order valence-electron chi connectivity index (χ2n) is 2.93. The summed E-state index contributed by atoms with van der Waals surface area (Å²) in [7, 11) is 0. The summed E-state index contributed by atoms with van der Waals surface area (Å²) in [6, 6.07) is 4.96. The highest BCUT2D eigenvalue weighted by Crippen LogP contribution is 2.32. The van der Waals surface area contributed by atoms with E-state index in [1.165, 1.54) is 0 Å². The highest BCUT2D eigenvalue weighted by Gasteiger charge is 2.16. The maximum atomic E-state index is 11.5. The van der Waals surface area contributed by atoms with Crippen LogP contribution < -0.4 is 9.47 Å². The second-order valence-corrected chi connectivity index (χ2v) is 3.37. The van der Waals surface area contributed by atoms with Crippen LogP contribution in [-0.4, -0.2) is 25.1 Å². The van der Waals surface area contributed by atoms with Crippen molar-refractivity contribution in [3.05, 3.63) is 23.8 Å². The van der Waals surface area contributed by atoms with Crippen LogP contribution in [0.1, 0.15) is 10.4 Å². The van der Waals surface area contributed by atoms with Gasteiger partial charge in [-0.1, -0.05) is 0 Å². The Balaban J connectivity index is 2.12. The fourth-order valence-corrected chi connectivity index (χ4v) is 1.34. The molecule has 1 heterocycles. The van der Waals surface area contributed by atoms with Gasteiger partial charge in [0.05, 0.1) is 5.56 Å². The molecule has 0 saturated heterocycles. The Labute approximate surface area is 92.5 Å². The van der Waals surface area contributed by atoms with Crippen LogP contribution >= 0.6 is 12.6 Å². The number of benzene rings is 1. The molecular formula is C10H10O4S. The van der Waals surface area contributed by atoms with Crippen LogP contribution in [0.5, 0.6) is 11.5 Å². The molecule has 0 aliphatic carbocycles. The molecule has 1 aromatic rings. The molecule has 0 N–H and O–H groups in total. The van der Waals surface area contributed by atoms with E-state index in [0.717, 1.165) is 0 Å². The maximum absolute atomic E-state index is 11.5. The van der Waals surface area contributed by atoms with Gasteiger partial charge >= 0.3 is 5.97 Å². The Kier molecular flexibility index (Phi) is 3.01. The third-order valence-electron chi connectivity index (χ3n) is 1.93. The van der Waals surface area contributed by atoms with E-state index in [4.69, 9.17) is 14.2 Å². The third-order valence-corrected chi connectivity index (χ3v) is 2.12. The first-order valence-corrected chi connectivity index (χ1v) is 5.12. The minimum absolute atomic E-state index is 0.199. The number of esters is 1. The summed E-state index contributed by atoms with van der Waals surface area (Å²) < 4.78 is 15.2. The maximum Gasteiger partial charge on any atom is 0.338 e. The second kappa shape index (κ2) is 4.44. The summed E-state index contributed by atoms with van der Waals surface area (Å²) in [6.07, 6.45) is 0. The molecule has 0 atom stereocenters. The Morgan fingerprint density at radius 3 is 3.00 bits per heavy atom. The largest absolute Gasteiger partial charge is 0.461 e. The number of carbonyl (C=O) groups excluding carboxylic acids is 1. The first-order valence-electron chi connectivity index (χ1n) is 4.49. The van der Waals surface area contributed by atoms with Crippen molar-refractivity contribution >= 4 is 18.6 Å². The lowest BCUT2D eigenvalue weighted by Crippen LogP contribution is -2.06. The fourth-order valence-electron chi connectivity index (χ4n) is 1.25. The molecule has 0 fully saturated rings. The van der Waals surface area contributed by atoms with Crippen molar-refractivity contribution in [3.8, 4) is 11.5 Å². The predicted molar refractivity (Wildman–Crippen MR) is 56.7 cm³/mol. The van der Waals surface area contributed by atoms with Crippen molar-refractivity contribution in [2.75, 3.05) is 19.2 Å². The van der Waals surface area contributed by atoms with E-state index in [0.29, 0.717) is 29.4 Å². The number of hydrogen-bond donors (Lipinski definition) is 1. The molecule has 0 bridgehead atoms. The minimum Gasteiger partial charge on any atom is -0.461 e. The van der Waals surface area contributed by atoms with Gasteiger partial charge in [0.1, 0.15) is 6.61 Å². The van der Waals surface area contributed by atoms with E-state index in [-0.39, 0.29) is 12.8 Å². The van der Waals surface area contributed by atoms with Gasteiger partial charge in [0.15, 0.2) is 11.5 Å². The zero-order valence-corrected chi connectivity index (χ0v) is 8.83. The van der Waals surface area contributed by atoms with Crippen molar-refractivity contribution in [3.63, 3.8) is 0 Å². The quantitative estimate of drug-likeness (QED) is 0.626. The van der Waals surface area contributed by atoms with Crippen molar-refractivity contribution < 1.29 is 19.0 Å². The van der Waals surface area contributed by atoms with Crippen LogP contribution in [0.2, 0.25) is 0 Å². The Hall–Kier alpha value is -1.36. The topological polar surface area (TPSA) is 44.8 Å². The molecule has 1 aliphatic heterocycles. The van der Waals surface area contributed by atoms with E-state index in [1.807, 2.05) is 0 Å². The van der Waals surface area contributed by atoms with Crippen LogP contribution in [0.4, 0.5) is 0 Å². The van der Waals surface area contributed by atoms with Crippen molar-refractivity contribution in [1.29, 1.82) is 0 Å². The van der Waals surface area contributed by atoms with E-state index in [2.05, 4.69) is 12.6 Å². The highest BCUT2D eigenvalue weighted by atomic mass is 32.1. The first kappa shape index (κ1) is 10.2. The lowest BCUT2D eigenvalue weighted by Gasteiger charge is -2.03. The van der Waals surface area contributed by atoms with Crippen molar-refractivity contribution in [2.24, 2.45) is 0 Å². The van der Waals surface area contributed by atoms with E-state index in [9.17, 15) is 4.79 Å². The number of carbonyl (C=O) groups is 1. The summed E-state index contributed by atoms with van der Waals surface area (Å²) >= 11 is 3.95. The highest BCUT2D eigenvalue weighted by molar-refractivity contribution is 7.80. The molecular weight excluding hydrogens is 216 g/mol. The van der Waals surface area contributed by atoms with E-state index < -0.39 is 0 Å². The van der Waals surface area contributed by atoms with Gasteiger partial charge < -0.3 is 14.2 Å².